The second-order valence-electron chi connectivity index (χ2n) is 6.65. The van der Waals surface area contributed by atoms with Crippen molar-refractivity contribution >= 4 is 27.6 Å². The molecule has 0 saturated carbocycles. The first-order valence-electron chi connectivity index (χ1n) is 8.52. The minimum Gasteiger partial charge on any atom is -0.275 e. The number of benzene rings is 2. The lowest BCUT2D eigenvalue weighted by Gasteiger charge is -2.38. The van der Waals surface area contributed by atoms with Gasteiger partial charge in [-0.3, -0.25) is 20.2 Å². The second-order valence-corrected chi connectivity index (χ2v) is 8.44. The molecule has 9 nitrogen and oxygen atoms in total. The molecule has 0 aromatic heterocycles. The van der Waals surface area contributed by atoms with E-state index in [1.165, 1.54) is 0 Å². The van der Waals surface area contributed by atoms with E-state index in [4.69, 9.17) is 0 Å². The summed E-state index contributed by atoms with van der Waals surface area (Å²) in [6, 6.07) is 10.1. The summed E-state index contributed by atoms with van der Waals surface area (Å²) in [6.45, 7) is 0. The number of urea groups is 1. The highest BCUT2D eigenvalue weighted by Gasteiger charge is 2.60. The first kappa shape index (κ1) is 18.1. The van der Waals surface area contributed by atoms with Crippen LogP contribution in [0, 0.1) is 10.1 Å². The van der Waals surface area contributed by atoms with Gasteiger partial charge in [-0.25, -0.2) is 13.2 Å². The molecule has 4 rings (SSSR count). The molecule has 1 heterocycles. The van der Waals surface area contributed by atoms with Gasteiger partial charge in [0.05, 0.1) is 9.82 Å². The number of nitro groups is 1. The monoisotopic (exact) mass is 401 g/mol. The fraction of sp³-hybridized carbons (Fsp3) is 0.222. The van der Waals surface area contributed by atoms with E-state index >= 15 is 0 Å². The SMILES string of the molecule is O=C1NC(=O)C2(CCCc3ccccc32)N1S(=O)(=O)c1ccc([N+](=O)[O-])cc1. The second kappa shape index (κ2) is 6.13. The number of hydrogen-bond acceptors (Lipinski definition) is 6. The van der Waals surface area contributed by atoms with Crippen molar-refractivity contribution in [2.24, 2.45) is 0 Å². The van der Waals surface area contributed by atoms with Crippen molar-refractivity contribution in [3.63, 3.8) is 0 Å². The van der Waals surface area contributed by atoms with Crippen LogP contribution in [0.25, 0.3) is 0 Å². The van der Waals surface area contributed by atoms with Crippen molar-refractivity contribution in [3.05, 3.63) is 69.8 Å². The topological polar surface area (TPSA) is 127 Å². The van der Waals surface area contributed by atoms with E-state index in [-0.39, 0.29) is 17.0 Å². The van der Waals surface area contributed by atoms with Gasteiger partial charge in [-0.2, -0.15) is 4.31 Å². The highest BCUT2D eigenvalue weighted by Crippen LogP contribution is 2.45. The molecule has 10 heteroatoms. The molecule has 144 valence electrons. The molecular weight excluding hydrogens is 386 g/mol. The molecular formula is C18H15N3O6S. The molecule has 0 radical (unpaired) electrons. The minimum atomic E-state index is -4.44. The van der Waals surface area contributed by atoms with E-state index in [0.29, 0.717) is 22.7 Å². The first-order valence-corrected chi connectivity index (χ1v) is 9.96. The molecule has 2 aromatic carbocycles. The Morgan fingerprint density at radius 1 is 1.07 bits per heavy atom. The molecule has 1 saturated heterocycles. The van der Waals surface area contributed by atoms with Gasteiger partial charge in [-0.1, -0.05) is 24.3 Å². The molecule has 2 aromatic rings. The van der Waals surface area contributed by atoms with Crippen LogP contribution in [0.15, 0.2) is 53.4 Å². The Hall–Kier alpha value is -3.27. The third kappa shape index (κ3) is 2.41. The number of carbonyl (C=O) groups excluding carboxylic acids is 2. The van der Waals surface area contributed by atoms with E-state index in [0.717, 1.165) is 29.8 Å². The van der Waals surface area contributed by atoms with Crippen LogP contribution < -0.4 is 5.32 Å². The maximum Gasteiger partial charge on any atom is 0.339 e. The Morgan fingerprint density at radius 3 is 2.43 bits per heavy atom. The van der Waals surface area contributed by atoms with Crippen LogP contribution in [-0.4, -0.2) is 29.6 Å². The van der Waals surface area contributed by atoms with Crippen molar-refractivity contribution in [1.82, 2.24) is 9.62 Å². The summed E-state index contributed by atoms with van der Waals surface area (Å²) >= 11 is 0. The van der Waals surface area contributed by atoms with Crippen molar-refractivity contribution in [2.45, 2.75) is 29.7 Å². The minimum absolute atomic E-state index is 0.161. The van der Waals surface area contributed by atoms with E-state index < -0.39 is 32.4 Å². The Balaban J connectivity index is 1.89. The largest absolute Gasteiger partial charge is 0.339 e. The van der Waals surface area contributed by atoms with Gasteiger partial charge in [0.2, 0.25) is 0 Å². The van der Waals surface area contributed by atoms with Crippen LogP contribution in [0.1, 0.15) is 24.0 Å². The number of fused-ring (bicyclic) bond motifs is 2. The lowest BCUT2D eigenvalue weighted by molar-refractivity contribution is -0.384. The molecule has 1 aliphatic carbocycles. The number of amides is 3. The zero-order chi connectivity index (χ0) is 20.1. The summed E-state index contributed by atoms with van der Waals surface area (Å²) in [4.78, 5) is 35.3. The number of nitrogens with zero attached hydrogens (tertiary/aromatic N) is 2. The number of nitrogens with one attached hydrogen (secondary N) is 1. The van der Waals surface area contributed by atoms with Crippen LogP contribution in [0.2, 0.25) is 0 Å². The van der Waals surface area contributed by atoms with E-state index in [1.54, 1.807) is 18.2 Å². The summed E-state index contributed by atoms with van der Waals surface area (Å²) in [5.41, 5.74) is -0.650. The van der Waals surface area contributed by atoms with Crippen LogP contribution in [0.3, 0.4) is 0 Å². The number of rotatable bonds is 3. The molecule has 3 amide bonds. The van der Waals surface area contributed by atoms with Gasteiger partial charge in [0.1, 0.15) is 0 Å². The van der Waals surface area contributed by atoms with Gasteiger partial charge < -0.3 is 0 Å². The predicted octanol–water partition coefficient (Wildman–Crippen LogP) is 2.07. The van der Waals surface area contributed by atoms with Crippen molar-refractivity contribution in [3.8, 4) is 0 Å². The zero-order valence-electron chi connectivity index (χ0n) is 14.5. The number of imide groups is 1. The van der Waals surface area contributed by atoms with Crippen molar-refractivity contribution in [1.29, 1.82) is 0 Å². The molecule has 2 aliphatic rings. The molecule has 1 fully saturated rings. The van der Waals surface area contributed by atoms with E-state index in [2.05, 4.69) is 5.32 Å². The highest BCUT2D eigenvalue weighted by molar-refractivity contribution is 7.89. The number of nitro benzene ring substituents is 1. The normalized spacial score (nSPS) is 21.5. The number of sulfonamides is 1. The number of aryl methyl sites for hydroxylation is 1. The molecule has 1 aliphatic heterocycles. The summed E-state index contributed by atoms with van der Waals surface area (Å²) in [7, 11) is -4.44. The molecule has 0 bridgehead atoms. The highest BCUT2D eigenvalue weighted by atomic mass is 32.2. The first-order chi connectivity index (χ1) is 13.3. The predicted molar refractivity (Wildman–Crippen MR) is 96.7 cm³/mol. The van der Waals surface area contributed by atoms with Crippen LogP contribution in [0.5, 0.6) is 0 Å². The number of hydrogen-bond donors (Lipinski definition) is 1. The van der Waals surface area contributed by atoms with Crippen molar-refractivity contribution in [2.75, 3.05) is 0 Å². The molecule has 1 unspecified atom stereocenters. The maximum atomic E-state index is 13.3. The van der Waals surface area contributed by atoms with Gasteiger partial charge in [-0.05, 0) is 42.5 Å². The summed E-state index contributed by atoms with van der Waals surface area (Å²) in [5, 5.41) is 13.0. The summed E-state index contributed by atoms with van der Waals surface area (Å²) < 4.78 is 27.2. The van der Waals surface area contributed by atoms with Gasteiger partial charge in [0.25, 0.3) is 21.6 Å². The van der Waals surface area contributed by atoms with Gasteiger partial charge in [-0.15, -0.1) is 0 Å². The summed E-state index contributed by atoms with van der Waals surface area (Å²) in [5.74, 6) is -0.685. The Labute approximate surface area is 160 Å². The van der Waals surface area contributed by atoms with E-state index in [9.17, 15) is 28.1 Å². The van der Waals surface area contributed by atoms with Gasteiger partial charge in [0, 0.05) is 12.1 Å². The zero-order valence-corrected chi connectivity index (χ0v) is 15.3. The van der Waals surface area contributed by atoms with Crippen LogP contribution in [-0.2, 0) is 26.8 Å². The van der Waals surface area contributed by atoms with Crippen molar-refractivity contribution < 1.29 is 22.9 Å². The lowest BCUT2D eigenvalue weighted by atomic mass is 9.76. The Morgan fingerprint density at radius 2 is 1.75 bits per heavy atom. The standard InChI is InChI=1S/C18H15N3O6S/c22-16-18(11-3-5-12-4-1-2-6-15(12)18)20(17(23)19-16)28(26,27)14-9-7-13(8-10-14)21(24)25/h1-2,4,6-10H,3,5,11H2,(H,19,22,23). The maximum absolute atomic E-state index is 13.3. The molecule has 1 spiro atoms. The molecule has 28 heavy (non-hydrogen) atoms. The molecule has 1 N–H and O–H groups in total. The third-order valence-electron chi connectivity index (χ3n) is 5.16. The smallest absolute Gasteiger partial charge is 0.275 e. The molecule has 1 atom stereocenters. The number of carbonyl (C=O) groups is 2. The quantitative estimate of drug-likeness (QED) is 0.476. The van der Waals surface area contributed by atoms with Crippen LogP contribution in [0.4, 0.5) is 10.5 Å². The fourth-order valence-electron chi connectivity index (χ4n) is 3.93. The fourth-order valence-corrected chi connectivity index (χ4v) is 5.57. The number of non-ortho nitro benzene ring substituents is 1. The Bertz CT molecular complexity index is 1110. The third-order valence-corrected chi connectivity index (χ3v) is 6.99. The Kier molecular flexibility index (Phi) is 3.96. The average molecular weight is 401 g/mol. The summed E-state index contributed by atoms with van der Waals surface area (Å²) in [6.07, 6.45) is 1.36. The van der Waals surface area contributed by atoms with Crippen LogP contribution >= 0.6 is 0 Å². The lowest BCUT2D eigenvalue weighted by Crippen LogP contribution is -2.51. The average Bonchev–Trinajstić information content (AvgIpc) is 2.93. The van der Waals surface area contributed by atoms with Gasteiger partial charge >= 0.3 is 6.03 Å². The van der Waals surface area contributed by atoms with Gasteiger partial charge in [0.15, 0.2) is 5.54 Å². The van der Waals surface area contributed by atoms with E-state index in [1.807, 2.05) is 6.07 Å².